The minimum Gasteiger partial charge on any atom is -0.484 e. The van der Waals surface area contributed by atoms with E-state index >= 15 is 0 Å². The molecule has 0 radical (unpaired) electrons. The van der Waals surface area contributed by atoms with Crippen LogP contribution in [0.15, 0.2) is 48.5 Å². The van der Waals surface area contributed by atoms with Crippen molar-refractivity contribution in [2.75, 3.05) is 19.8 Å². The van der Waals surface area contributed by atoms with Gasteiger partial charge < -0.3 is 14.4 Å². The van der Waals surface area contributed by atoms with Crippen LogP contribution in [0, 0.1) is 0 Å². The van der Waals surface area contributed by atoms with E-state index in [-0.39, 0.29) is 18.6 Å². The largest absolute Gasteiger partial charge is 0.484 e. The zero-order chi connectivity index (χ0) is 19.1. The maximum absolute atomic E-state index is 12.8. The highest BCUT2D eigenvalue weighted by atomic mass is 35.5. The molecule has 27 heavy (non-hydrogen) atoms. The monoisotopic (exact) mass is 387 g/mol. The van der Waals surface area contributed by atoms with E-state index in [1.807, 2.05) is 53.4 Å². The molecule has 0 N–H and O–H groups in total. The predicted molar refractivity (Wildman–Crippen MR) is 107 cm³/mol. The second-order valence-electron chi connectivity index (χ2n) is 6.82. The van der Waals surface area contributed by atoms with E-state index in [1.165, 1.54) is 5.56 Å². The van der Waals surface area contributed by atoms with Crippen LogP contribution in [0.5, 0.6) is 5.75 Å². The van der Waals surface area contributed by atoms with Crippen molar-refractivity contribution in [3.63, 3.8) is 0 Å². The number of benzene rings is 2. The van der Waals surface area contributed by atoms with Gasteiger partial charge in [-0.15, -0.1) is 0 Å². The standard InChI is InChI=1S/C22H26ClNO3/c1-2-17-7-11-20(12-8-17)27-16-22(25)24(15-21-4-3-13-26-21)14-18-5-9-19(23)10-6-18/h5-12,21H,2-4,13-16H2,1H3. The SMILES string of the molecule is CCc1ccc(OCC(=O)N(Cc2ccc(Cl)cc2)CC2CCCO2)cc1. The highest BCUT2D eigenvalue weighted by molar-refractivity contribution is 6.30. The smallest absolute Gasteiger partial charge is 0.260 e. The third-order valence-corrected chi connectivity index (χ3v) is 5.03. The van der Waals surface area contributed by atoms with Crippen LogP contribution in [0.1, 0.15) is 30.9 Å². The second-order valence-corrected chi connectivity index (χ2v) is 7.26. The summed E-state index contributed by atoms with van der Waals surface area (Å²) in [6, 6.07) is 15.5. The molecule has 1 fully saturated rings. The number of carbonyl (C=O) groups is 1. The molecule has 1 heterocycles. The molecule has 1 unspecified atom stereocenters. The van der Waals surface area contributed by atoms with Crippen molar-refractivity contribution < 1.29 is 14.3 Å². The van der Waals surface area contributed by atoms with Crippen LogP contribution in [0.2, 0.25) is 5.02 Å². The Hall–Kier alpha value is -2.04. The van der Waals surface area contributed by atoms with Crippen molar-refractivity contribution in [2.45, 2.75) is 38.8 Å². The lowest BCUT2D eigenvalue weighted by Gasteiger charge is -2.25. The number of carbonyl (C=O) groups excluding carboxylic acids is 1. The Morgan fingerprint density at radius 3 is 2.48 bits per heavy atom. The highest BCUT2D eigenvalue weighted by Gasteiger charge is 2.23. The first-order valence-electron chi connectivity index (χ1n) is 9.49. The molecule has 4 nitrogen and oxygen atoms in total. The van der Waals surface area contributed by atoms with Gasteiger partial charge in [-0.3, -0.25) is 4.79 Å². The Bertz CT molecular complexity index is 724. The molecular weight excluding hydrogens is 362 g/mol. The molecule has 3 rings (SSSR count). The first kappa shape index (κ1) is 19.7. The lowest BCUT2D eigenvalue weighted by Crippen LogP contribution is -2.39. The summed E-state index contributed by atoms with van der Waals surface area (Å²) in [5, 5.41) is 0.689. The van der Waals surface area contributed by atoms with E-state index in [4.69, 9.17) is 21.1 Å². The molecule has 144 valence electrons. The van der Waals surface area contributed by atoms with Gasteiger partial charge in [0.1, 0.15) is 5.75 Å². The van der Waals surface area contributed by atoms with E-state index in [0.717, 1.165) is 31.4 Å². The highest BCUT2D eigenvalue weighted by Crippen LogP contribution is 2.18. The molecule has 0 aromatic heterocycles. The molecule has 2 aromatic rings. The van der Waals surface area contributed by atoms with E-state index < -0.39 is 0 Å². The molecule has 1 saturated heterocycles. The minimum absolute atomic E-state index is 0.0196. The fraction of sp³-hybridized carbons (Fsp3) is 0.409. The van der Waals surface area contributed by atoms with E-state index in [9.17, 15) is 4.79 Å². The van der Waals surface area contributed by atoms with Gasteiger partial charge >= 0.3 is 0 Å². The maximum atomic E-state index is 12.8. The number of hydrogen-bond donors (Lipinski definition) is 0. The van der Waals surface area contributed by atoms with Crippen LogP contribution in [0.3, 0.4) is 0 Å². The summed E-state index contributed by atoms with van der Waals surface area (Å²) in [6.45, 7) is 4.01. The van der Waals surface area contributed by atoms with E-state index in [2.05, 4.69) is 6.92 Å². The van der Waals surface area contributed by atoms with Crippen LogP contribution in [0.4, 0.5) is 0 Å². The first-order valence-corrected chi connectivity index (χ1v) is 9.87. The lowest BCUT2D eigenvalue weighted by atomic mass is 10.1. The number of rotatable bonds is 8. The topological polar surface area (TPSA) is 38.8 Å². The van der Waals surface area contributed by atoms with Gasteiger partial charge in [0.2, 0.25) is 0 Å². The van der Waals surface area contributed by atoms with Crippen molar-refractivity contribution in [1.82, 2.24) is 4.90 Å². The van der Waals surface area contributed by atoms with E-state index in [1.54, 1.807) is 0 Å². The van der Waals surface area contributed by atoms with Gasteiger partial charge in [-0.25, -0.2) is 0 Å². The molecule has 5 heteroatoms. The Morgan fingerprint density at radius 1 is 1.15 bits per heavy atom. The molecule has 1 amide bonds. The summed E-state index contributed by atoms with van der Waals surface area (Å²) in [7, 11) is 0. The summed E-state index contributed by atoms with van der Waals surface area (Å²) in [5.41, 5.74) is 2.29. The average Bonchev–Trinajstić information content (AvgIpc) is 3.21. The number of hydrogen-bond acceptors (Lipinski definition) is 3. The minimum atomic E-state index is -0.0416. The van der Waals surface area contributed by atoms with Gasteiger partial charge in [0.25, 0.3) is 5.91 Å². The maximum Gasteiger partial charge on any atom is 0.260 e. The van der Waals surface area contributed by atoms with Crippen molar-refractivity contribution in [1.29, 1.82) is 0 Å². The van der Waals surface area contributed by atoms with Crippen LogP contribution >= 0.6 is 11.6 Å². The van der Waals surface area contributed by atoms with Gasteiger partial charge in [-0.1, -0.05) is 42.8 Å². The van der Waals surface area contributed by atoms with Crippen molar-refractivity contribution in [3.8, 4) is 5.75 Å². The Kier molecular flexibility index (Phi) is 7.13. The molecule has 0 bridgehead atoms. The molecule has 0 aliphatic carbocycles. The van der Waals surface area contributed by atoms with Crippen LogP contribution in [-0.2, 0) is 22.5 Å². The number of ether oxygens (including phenoxy) is 2. The third kappa shape index (κ3) is 5.98. The van der Waals surface area contributed by atoms with Crippen LogP contribution < -0.4 is 4.74 Å². The van der Waals surface area contributed by atoms with Gasteiger partial charge in [-0.2, -0.15) is 0 Å². The predicted octanol–water partition coefficient (Wildman–Crippen LogP) is 4.49. The van der Waals surface area contributed by atoms with Crippen LogP contribution in [-0.4, -0.2) is 36.7 Å². The molecule has 1 aliphatic heterocycles. The van der Waals surface area contributed by atoms with Crippen molar-refractivity contribution >= 4 is 17.5 Å². The Morgan fingerprint density at radius 2 is 1.85 bits per heavy atom. The molecule has 0 saturated carbocycles. The zero-order valence-corrected chi connectivity index (χ0v) is 16.5. The number of halogens is 1. The summed E-state index contributed by atoms with van der Waals surface area (Å²) >= 11 is 5.97. The third-order valence-electron chi connectivity index (χ3n) is 4.78. The van der Waals surface area contributed by atoms with Gasteiger partial charge in [-0.05, 0) is 54.7 Å². The van der Waals surface area contributed by atoms with Gasteiger partial charge in [0.05, 0.1) is 6.10 Å². The first-order chi connectivity index (χ1) is 13.1. The zero-order valence-electron chi connectivity index (χ0n) is 15.7. The number of amides is 1. The summed E-state index contributed by atoms with van der Waals surface area (Å²) in [6.07, 6.45) is 3.12. The summed E-state index contributed by atoms with van der Waals surface area (Å²) < 4.78 is 11.4. The Labute approximate surface area is 166 Å². The van der Waals surface area contributed by atoms with Gasteiger partial charge in [0, 0.05) is 24.7 Å². The van der Waals surface area contributed by atoms with Gasteiger partial charge in [0.15, 0.2) is 6.61 Å². The summed E-state index contributed by atoms with van der Waals surface area (Å²) in [5.74, 6) is 0.670. The molecule has 1 aliphatic rings. The molecule has 1 atom stereocenters. The molecule has 2 aromatic carbocycles. The average molecular weight is 388 g/mol. The lowest BCUT2D eigenvalue weighted by molar-refractivity contribution is -0.135. The number of nitrogens with zero attached hydrogens (tertiary/aromatic N) is 1. The Balaban J connectivity index is 1.62. The summed E-state index contributed by atoms with van der Waals surface area (Å²) in [4.78, 5) is 14.6. The second kappa shape index (κ2) is 9.77. The van der Waals surface area contributed by atoms with Crippen molar-refractivity contribution in [2.24, 2.45) is 0 Å². The molecule has 0 spiro atoms. The normalized spacial score (nSPS) is 16.3. The fourth-order valence-electron chi connectivity index (χ4n) is 3.16. The number of aryl methyl sites for hydroxylation is 1. The quantitative estimate of drug-likeness (QED) is 0.669. The van der Waals surface area contributed by atoms with Crippen LogP contribution in [0.25, 0.3) is 0 Å². The van der Waals surface area contributed by atoms with Crippen molar-refractivity contribution in [3.05, 3.63) is 64.7 Å². The van der Waals surface area contributed by atoms with E-state index in [0.29, 0.717) is 23.9 Å². The molecular formula is C22H26ClNO3. The fourth-order valence-corrected chi connectivity index (χ4v) is 3.28.